The van der Waals surface area contributed by atoms with E-state index in [9.17, 15) is 5.11 Å². The Kier molecular flexibility index (Phi) is 3.58. The highest BCUT2D eigenvalue weighted by molar-refractivity contribution is 7.17. The van der Waals surface area contributed by atoms with Gasteiger partial charge in [0.25, 0.3) is 0 Å². The van der Waals surface area contributed by atoms with E-state index in [0.29, 0.717) is 12.8 Å². The van der Waals surface area contributed by atoms with Gasteiger partial charge >= 0.3 is 0 Å². The molecule has 0 saturated heterocycles. The third kappa shape index (κ3) is 2.83. The van der Waals surface area contributed by atoms with Gasteiger partial charge in [-0.3, -0.25) is 4.98 Å². The van der Waals surface area contributed by atoms with Crippen LogP contribution in [0.2, 0.25) is 0 Å². The molecule has 96 valence electrons. The van der Waals surface area contributed by atoms with E-state index in [2.05, 4.69) is 28.6 Å². The van der Waals surface area contributed by atoms with Gasteiger partial charge in [0.15, 0.2) is 0 Å². The van der Waals surface area contributed by atoms with Gasteiger partial charge in [0.05, 0.1) is 6.10 Å². The minimum Gasteiger partial charge on any atom is -0.392 e. The van der Waals surface area contributed by atoms with Crippen molar-refractivity contribution in [2.45, 2.75) is 18.9 Å². The van der Waals surface area contributed by atoms with Crippen LogP contribution >= 0.6 is 11.3 Å². The van der Waals surface area contributed by atoms with Crippen molar-refractivity contribution in [3.05, 3.63) is 65.3 Å². The Morgan fingerprint density at radius 1 is 1.05 bits per heavy atom. The largest absolute Gasteiger partial charge is 0.392 e. The number of aromatic nitrogens is 1. The molecule has 0 spiro atoms. The fourth-order valence-electron chi connectivity index (χ4n) is 2.31. The van der Waals surface area contributed by atoms with Gasteiger partial charge in [-0.25, -0.2) is 0 Å². The molecule has 0 aliphatic heterocycles. The Bertz CT molecular complexity index is 663. The lowest BCUT2D eigenvalue weighted by Gasteiger charge is -2.10. The molecule has 0 aliphatic carbocycles. The first-order valence-corrected chi connectivity index (χ1v) is 7.23. The van der Waals surface area contributed by atoms with Crippen molar-refractivity contribution >= 4 is 21.4 Å². The molecule has 1 N–H and O–H groups in total. The molecule has 0 saturated carbocycles. The van der Waals surface area contributed by atoms with E-state index >= 15 is 0 Å². The molecular formula is C16H15NOS. The van der Waals surface area contributed by atoms with Crippen LogP contribution in [-0.2, 0) is 12.8 Å². The Labute approximate surface area is 116 Å². The molecule has 0 bridgehead atoms. The van der Waals surface area contributed by atoms with Crippen molar-refractivity contribution in [2.24, 2.45) is 0 Å². The van der Waals surface area contributed by atoms with Crippen LogP contribution in [0, 0.1) is 0 Å². The second kappa shape index (κ2) is 5.51. The molecule has 2 nitrogen and oxygen atoms in total. The highest BCUT2D eigenvalue weighted by Gasteiger charge is 2.10. The minimum absolute atomic E-state index is 0.347. The van der Waals surface area contributed by atoms with Crippen molar-refractivity contribution in [3.8, 4) is 0 Å². The minimum atomic E-state index is -0.347. The molecule has 0 aliphatic rings. The molecule has 1 aromatic carbocycles. The highest BCUT2D eigenvalue weighted by Crippen LogP contribution is 2.26. The lowest BCUT2D eigenvalue weighted by molar-refractivity contribution is 0.176. The third-order valence-corrected chi connectivity index (χ3v) is 4.25. The number of nitrogens with zero attached hydrogens (tertiary/aromatic N) is 1. The Hall–Kier alpha value is -1.71. The van der Waals surface area contributed by atoms with Crippen LogP contribution in [0.3, 0.4) is 0 Å². The molecule has 1 atom stereocenters. The Balaban J connectivity index is 1.74. The fourth-order valence-corrected chi connectivity index (χ4v) is 3.28. The van der Waals surface area contributed by atoms with Gasteiger partial charge < -0.3 is 5.11 Å². The number of pyridine rings is 1. The summed E-state index contributed by atoms with van der Waals surface area (Å²) in [5.41, 5.74) is 2.36. The summed E-state index contributed by atoms with van der Waals surface area (Å²) in [5, 5.41) is 13.6. The molecule has 19 heavy (non-hydrogen) atoms. The van der Waals surface area contributed by atoms with E-state index in [0.717, 1.165) is 5.56 Å². The number of fused-ring (bicyclic) bond motifs is 1. The van der Waals surface area contributed by atoms with E-state index < -0.39 is 0 Å². The van der Waals surface area contributed by atoms with Crippen molar-refractivity contribution in [2.75, 3.05) is 0 Å². The van der Waals surface area contributed by atoms with Gasteiger partial charge in [0.2, 0.25) is 0 Å². The predicted molar refractivity (Wildman–Crippen MR) is 79.5 cm³/mol. The smallest absolute Gasteiger partial charge is 0.0621 e. The zero-order valence-electron chi connectivity index (χ0n) is 10.5. The summed E-state index contributed by atoms with van der Waals surface area (Å²) < 4.78 is 1.29. The molecule has 3 aromatic rings. The van der Waals surface area contributed by atoms with Gasteiger partial charge in [0, 0.05) is 23.5 Å². The van der Waals surface area contributed by atoms with Crippen LogP contribution in [0.25, 0.3) is 10.1 Å². The first-order valence-electron chi connectivity index (χ1n) is 6.35. The maximum Gasteiger partial charge on any atom is 0.0621 e. The number of aliphatic hydroxyl groups excluding tert-OH is 1. The summed E-state index contributed by atoms with van der Waals surface area (Å²) in [6, 6.07) is 12.3. The summed E-state index contributed by atoms with van der Waals surface area (Å²) in [6.07, 6.45) is 4.56. The van der Waals surface area contributed by atoms with E-state index in [-0.39, 0.29) is 6.10 Å². The number of thiophene rings is 1. The first kappa shape index (κ1) is 12.3. The summed E-state index contributed by atoms with van der Waals surface area (Å²) in [4.78, 5) is 3.99. The number of hydrogen-bond acceptors (Lipinski definition) is 3. The normalized spacial score (nSPS) is 12.7. The SMILES string of the molecule is OC(Cc1ccncc1)Cc1csc2ccccc12. The number of aliphatic hydroxyl groups is 1. The van der Waals surface area contributed by atoms with Gasteiger partial charge in [-0.05, 0) is 46.5 Å². The molecule has 0 radical (unpaired) electrons. The Morgan fingerprint density at radius 2 is 1.84 bits per heavy atom. The molecule has 3 heteroatoms. The van der Waals surface area contributed by atoms with E-state index in [1.54, 1.807) is 23.7 Å². The average Bonchev–Trinajstić information content (AvgIpc) is 2.83. The Morgan fingerprint density at radius 3 is 2.68 bits per heavy atom. The summed E-state index contributed by atoms with van der Waals surface area (Å²) in [5.74, 6) is 0. The quantitative estimate of drug-likeness (QED) is 0.787. The van der Waals surface area contributed by atoms with Gasteiger partial charge in [-0.1, -0.05) is 18.2 Å². The van der Waals surface area contributed by atoms with Gasteiger partial charge in [0.1, 0.15) is 0 Å². The van der Waals surface area contributed by atoms with Crippen molar-refractivity contribution in [1.82, 2.24) is 4.98 Å². The third-order valence-electron chi connectivity index (χ3n) is 3.24. The van der Waals surface area contributed by atoms with Crippen molar-refractivity contribution < 1.29 is 5.11 Å². The van der Waals surface area contributed by atoms with E-state index in [4.69, 9.17) is 0 Å². The average molecular weight is 269 g/mol. The molecule has 0 fully saturated rings. The maximum atomic E-state index is 10.2. The highest BCUT2D eigenvalue weighted by atomic mass is 32.1. The molecule has 2 aromatic heterocycles. The van der Waals surface area contributed by atoms with Crippen molar-refractivity contribution in [3.63, 3.8) is 0 Å². The monoisotopic (exact) mass is 269 g/mol. The molecule has 1 unspecified atom stereocenters. The number of hydrogen-bond donors (Lipinski definition) is 1. The lowest BCUT2D eigenvalue weighted by Crippen LogP contribution is -2.13. The van der Waals surface area contributed by atoms with Crippen LogP contribution in [-0.4, -0.2) is 16.2 Å². The lowest BCUT2D eigenvalue weighted by atomic mass is 10.0. The van der Waals surface area contributed by atoms with Crippen LogP contribution in [0.1, 0.15) is 11.1 Å². The molecular weight excluding hydrogens is 254 g/mol. The van der Waals surface area contributed by atoms with Crippen LogP contribution in [0.5, 0.6) is 0 Å². The van der Waals surface area contributed by atoms with Gasteiger partial charge in [-0.15, -0.1) is 11.3 Å². The predicted octanol–water partition coefficient (Wildman–Crippen LogP) is 3.44. The zero-order chi connectivity index (χ0) is 13.1. The molecule has 2 heterocycles. The van der Waals surface area contributed by atoms with E-state index in [1.807, 2.05) is 18.2 Å². The fraction of sp³-hybridized carbons (Fsp3) is 0.188. The number of rotatable bonds is 4. The second-order valence-corrected chi connectivity index (χ2v) is 5.59. The van der Waals surface area contributed by atoms with Crippen LogP contribution in [0.15, 0.2) is 54.2 Å². The van der Waals surface area contributed by atoms with Crippen molar-refractivity contribution in [1.29, 1.82) is 0 Å². The number of benzene rings is 1. The van der Waals surface area contributed by atoms with Gasteiger partial charge in [-0.2, -0.15) is 0 Å². The topological polar surface area (TPSA) is 33.1 Å². The molecule has 0 amide bonds. The second-order valence-electron chi connectivity index (χ2n) is 4.67. The molecule has 3 rings (SSSR count). The standard InChI is InChI=1S/C16H15NOS/c18-14(9-12-5-7-17-8-6-12)10-13-11-19-16-4-2-1-3-15(13)16/h1-8,11,14,18H,9-10H2. The zero-order valence-corrected chi connectivity index (χ0v) is 11.3. The summed E-state index contributed by atoms with van der Waals surface area (Å²) >= 11 is 1.74. The van der Waals surface area contributed by atoms with Crippen LogP contribution < -0.4 is 0 Å². The van der Waals surface area contributed by atoms with Crippen LogP contribution in [0.4, 0.5) is 0 Å². The summed E-state index contributed by atoms with van der Waals surface area (Å²) in [7, 11) is 0. The summed E-state index contributed by atoms with van der Waals surface area (Å²) in [6.45, 7) is 0. The maximum absolute atomic E-state index is 10.2. The van der Waals surface area contributed by atoms with E-state index in [1.165, 1.54) is 15.6 Å². The first-order chi connectivity index (χ1) is 9.33.